The van der Waals surface area contributed by atoms with Crippen LogP contribution in [0.15, 0.2) is 42.7 Å². The van der Waals surface area contributed by atoms with Crippen molar-refractivity contribution in [1.82, 2.24) is 20.3 Å². The summed E-state index contributed by atoms with van der Waals surface area (Å²) in [6.45, 7) is 3.03. The Hall–Kier alpha value is -2.48. The van der Waals surface area contributed by atoms with Gasteiger partial charge in [-0.2, -0.15) is 0 Å². The summed E-state index contributed by atoms with van der Waals surface area (Å²) in [5.41, 5.74) is 3.36. The Labute approximate surface area is 163 Å². The van der Waals surface area contributed by atoms with E-state index in [9.17, 15) is 4.79 Å². The molecule has 8 heteroatoms. The molecule has 2 aromatic rings. The number of amides is 1. The SMILES string of the molecule is O=C(/C=C/c1cnc(N[C@@H]2CCN(CCc3ccc(Cl)cc3)C2)cn1)NO. The van der Waals surface area contributed by atoms with Crippen molar-refractivity contribution >= 4 is 29.4 Å². The van der Waals surface area contributed by atoms with E-state index in [0.717, 1.165) is 37.5 Å². The van der Waals surface area contributed by atoms with Gasteiger partial charge in [-0.15, -0.1) is 0 Å². The Bertz CT molecular complexity index is 780. The van der Waals surface area contributed by atoms with Crippen LogP contribution in [0.1, 0.15) is 17.7 Å². The molecule has 0 spiro atoms. The van der Waals surface area contributed by atoms with Crippen molar-refractivity contribution in [2.24, 2.45) is 0 Å². The smallest absolute Gasteiger partial charge is 0.267 e. The van der Waals surface area contributed by atoms with Crippen LogP contribution in [0.2, 0.25) is 5.02 Å². The van der Waals surface area contributed by atoms with Crippen LogP contribution in [0.3, 0.4) is 0 Å². The minimum absolute atomic E-state index is 0.339. The predicted molar refractivity (Wildman–Crippen MR) is 105 cm³/mol. The highest BCUT2D eigenvalue weighted by molar-refractivity contribution is 6.30. The second-order valence-electron chi connectivity index (χ2n) is 6.44. The zero-order chi connectivity index (χ0) is 19.1. The van der Waals surface area contributed by atoms with Gasteiger partial charge in [0.2, 0.25) is 0 Å². The molecule has 2 heterocycles. The third-order valence-electron chi connectivity index (χ3n) is 4.44. The van der Waals surface area contributed by atoms with E-state index in [2.05, 4.69) is 32.3 Å². The monoisotopic (exact) mass is 387 g/mol. The van der Waals surface area contributed by atoms with Crippen molar-refractivity contribution in [2.75, 3.05) is 25.0 Å². The average Bonchev–Trinajstić information content (AvgIpc) is 3.14. The molecule has 1 aliphatic rings. The number of anilines is 1. The van der Waals surface area contributed by atoms with Crippen LogP contribution >= 0.6 is 11.6 Å². The molecule has 1 amide bonds. The Morgan fingerprint density at radius 3 is 2.81 bits per heavy atom. The summed E-state index contributed by atoms with van der Waals surface area (Å²) in [5.74, 6) is 0.104. The average molecular weight is 388 g/mol. The molecule has 1 aromatic carbocycles. The van der Waals surface area contributed by atoms with Crippen LogP contribution < -0.4 is 10.8 Å². The molecular weight excluding hydrogens is 366 g/mol. The normalized spacial score (nSPS) is 17.3. The van der Waals surface area contributed by atoms with Crippen LogP contribution in [-0.2, 0) is 11.2 Å². The highest BCUT2D eigenvalue weighted by Gasteiger charge is 2.22. The number of nitrogens with one attached hydrogen (secondary N) is 2. The molecule has 0 saturated carbocycles. The largest absolute Gasteiger partial charge is 0.365 e. The lowest BCUT2D eigenvalue weighted by atomic mass is 10.1. The summed E-state index contributed by atoms with van der Waals surface area (Å²) in [7, 11) is 0. The summed E-state index contributed by atoms with van der Waals surface area (Å²) in [4.78, 5) is 21.9. The number of halogens is 1. The van der Waals surface area contributed by atoms with E-state index in [1.165, 1.54) is 23.2 Å². The molecule has 0 bridgehead atoms. The summed E-state index contributed by atoms with van der Waals surface area (Å²) in [5, 5.41) is 12.6. The number of hydrogen-bond acceptors (Lipinski definition) is 6. The van der Waals surface area contributed by atoms with Crippen molar-refractivity contribution in [1.29, 1.82) is 0 Å². The van der Waals surface area contributed by atoms with Gasteiger partial charge in [0.05, 0.1) is 18.1 Å². The van der Waals surface area contributed by atoms with Gasteiger partial charge in [-0.05, 0) is 36.6 Å². The van der Waals surface area contributed by atoms with Gasteiger partial charge < -0.3 is 10.2 Å². The Morgan fingerprint density at radius 1 is 1.30 bits per heavy atom. The number of likely N-dealkylation sites (tertiary alicyclic amines) is 1. The van der Waals surface area contributed by atoms with E-state index in [-0.39, 0.29) is 0 Å². The van der Waals surface area contributed by atoms with E-state index in [1.807, 2.05) is 12.1 Å². The van der Waals surface area contributed by atoms with Crippen molar-refractivity contribution < 1.29 is 10.0 Å². The topological polar surface area (TPSA) is 90.4 Å². The number of carbonyl (C=O) groups excluding carboxylic acids is 1. The van der Waals surface area contributed by atoms with Gasteiger partial charge in [-0.1, -0.05) is 23.7 Å². The number of carbonyl (C=O) groups is 1. The first-order valence-corrected chi connectivity index (χ1v) is 9.18. The molecule has 3 N–H and O–H groups in total. The van der Waals surface area contributed by atoms with Gasteiger partial charge in [0, 0.05) is 36.8 Å². The molecular formula is C19H22ClN5O2. The fraction of sp³-hybridized carbons (Fsp3) is 0.316. The van der Waals surface area contributed by atoms with Gasteiger partial charge in [0.1, 0.15) is 5.82 Å². The van der Waals surface area contributed by atoms with Gasteiger partial charge >= 0.3 is 0 Å². The van der Waals surface area contributed by atoms with Crippen LogP contribution in [0.25, 0.3) is 6.08 Å². The lowest BCUT2D eigenvalue weighted by Gasteiger charge is -2.17. The number of hydrogen-bond donors (Lipinski definition) is 3. The van der Waals surface area contributed by atoms with Gasteiger partial charge in [-0.3, -0.25) is 15.0 Å². The summed E-state index contributed by atoms with van der Waals surface area (Å²) in [6, 6.07) is 8.34. The third kappa shape index (κ3) is 6.02. The number of rotatable bonds is 7. The number of benzene rings is 1. The van der Waals surface area contributed by atoms with Gasteiger partial charge in [-0.25, -0.2) is 10.5 Å². The third-order valence-corrected chi connectivity index (χ3v) is 4.69. The van der Waals surface area contributed by atoms with E-state index >= 15 is 0 Å². The summed E-state index contributed by atoms with van der Waals surface area (Å²) >= 11 is 5.92. The van der Waals surface area contributed by atoms with Crippen LogP contribution in [-0.4, -0.2) is 51.7 Å². The van der Waals surface area contributed by atoms with Crippen molar-refractivity contribution in [3.8, 4) is 0 Å². The molecule has 142 valence electrons. The molecule has 1 aliphatic heterocycles. The number of aromatic nitrogens is 2. The number of nitrogens with zero attached hydrogens (tertiary/aromatic N) is 3. The molecule has 1 atom stereocenters. The Morgan fingerprint density at radius 2 is 2.11 bits per heavy atom. The minimum Gasteiger partial charge on any atom is -0.365 e. The van der Waals surface area contributed by atoms with Crippen molar-refractivity contribution in [2.45, 2.75) is 18.9 Å². The lowest BCUT2D eigenvalue weighted by Crippen LogP contribution is -2.28. The zero-order valence-electron chi connectivity index (χ0n) is 14.8. The Balaban J connectivity index is 1.44. The zero-order valence-corrected chi connectivity index (χ0v) is 15.6. The van der Waals surface area contributed by atoms with Gasteiger partial charge in [0.15, 0.2) is 0 Å². The van der Waals surface area contributed by atoms with Crippen molar-refractivity contribution in [3.63, 3.8) is 0 Å². The molecule has 1 aromatic heterocycles. The lowest BCUT2D eigenvalue weighted by molar-refractivity contribution is -0.124. The van der Waals surface area contributed by atoms with Crippen LogP contribution in [0.4, 0.5) is 5.82 Å². The van der Waals surface area contributed by atoms with E-state index in [1.54, 1.807) is 12.4 Å². The summed E-state index contributed by atoms with van der Waals surface area (Å²) in [6.07, 6.45) is 7.96. The van der Waals surface area contributed by atoms with Crippen LogP contribution in [0, 0.1) is 0 Å². The fourth-order valence-electron chi connectivity index (χ4n) is 3.00. The second kappa shape index (κ2) is 9.45. The minimum atomic E-state index is -0.608. The first-order chi connectivity index (χ1) is 13.1. The first-order valence-electron chi connectivity index (χ1n) is 8.80. The summed E-state index contributed by atoms with van der Waals surface area (Å²) < 4.78 is 0. The van der Waals surface area contributed by atoms with Crippen LogP contribution in [0.5, 0.6) is 0 Å². The molecule has 1 fully saturated rings. The fourth-order valence-corrected chi connectivity index (χ4v) is 3.12. The molecule has 3 rings (SSSR count). The molecule has 27 heavy (non-hydrogen) atoms. The van der Waals surface area contributed by atoms with E-state index < -0.39 is 5.91 Å². The second-order valence-corrected chi connectivity index (χ2v) is 6.88. The molecule has 0 unspecified atom stereocenters. The molecule has 7 nitrogen and oxygen atoms in total. The molecule has 0 aliphatic carbocycles. The number of hydroxylamine groups is 1. The predicted octanol–water partition coefficient (Wildman–Crippen LogP) is 2.38. The quantitative estimate of drug-likeness (QED) is 0.384. The van der Waals surface area contributed by atoms with Crippen molar-refractivity contribution in [3.05, 3.63) is 59.0 Å². The first kappa shape index (κ1) is 19.3. The highest BCUT2D eigenvalue weighted by Crippen LogP contribution is 2.16. The van der Waals surface area contributed by atoms with E-state index in [4.69, 9.17) is 16.8 Å². The highest BCUT2D eigenvalue weighted by atomic mass is 35.5. The Kier molecular flexibility index (Phi) is 6.75. The van der Waals surface area contributed by atoms with E-state index in [0.29, 0.717) is 17.6 Å². The maximum Gasteiger partial charge on any atom is 0.267 e. The maximum absolute atomic E-state index is 11.0. The molecule has 1 saturated heterocycles. The van der Waals surface area contributed by atoms with Gasteiger partial charge in [0.25, 0.3) is 5.91 Å². The standard InChI is InChI=1S/C19H22ClN5O2/c20-15-3-1-14(2-4-15)7-9-25-10-8-17(13-25)23-18-12-21-16(11-22-18)5-6-19(26)24-27/h1-6,11-12,17,27H,7-10,13H2,(H,22,23)(H,24,26)/b6-5+/t17-/m1/s1. The molecule has 0 radical (unpaired) electrons. The maximum atomic E-state index is 11.0.